The first-order valence-corrected chi connectivity index (χ1v) is 9.88. The average Bonchev–Trinajstić information content (AvgIpc) is 2.91. The average molecular weight is 384 g/mol. The van der Waals surface area contributed by atoms with Crippen molar-refractivity contribution in [3.8, 4) is 0 Å². The van der Waals surface area contributed by atoms with Crippen molar-refractivity contribution in [2.75, 3.05) is 10.6 Å². The van der Waals surface area contributed by atoms with Crippen LogP contribution in [0.1, 0.15) is 35.9 Å². The maximum atomic E-state index is 14.0. The van der Waals surface area contributed by atoms with Crippen LogP contribution < -0.4 is 10.6 Å². The number of benzene rings is 3. The predicted octanol–water partition coefficient (Wildman–Crippen LogP) is 5.81. The summed E-state index contributed by atoms with van der Waals surface area (Å²) in [5.41, 5.74) is 5.38. The zero-order valence-corrected chi connectivity index (χ0v) is 15.9. The molecule has 3 aromatic rings. The Morgan fingerprint density at radius 2 is 1.52 bits per heavy atom. The molecular formula is C25H21FN2O. The van der Waals surface area contributed by atoms with Crippen LogP contribution >= 0.6 is 0 Å². The Morgan fingerprint density at radius 3 is 2.31 bits per heavy atom. The largest absolute Gasteiger partial charge is 0.372 e. The van der Waals surface area contributed by atoms with Gasteiger partial charge in [0.15, 0.2) is 5.78 Å². The molecule has 0 amide bonds. The third-order valence-corrected chi connectivity index (χ3v) is 5.76. The van der Waals surface area contributed by atoms with Crippen molar-refractivity contribution in [2.24, 2.45) is 0 Å². The summed E-state index contributed by atoms with van der Waals surface area (Å²) >= 11 is 0. The molecule has 3 nitrogen and oxygen atoms in total. The molecule has 5 rings (SSSR count). The highest BCUT2D eigenvalue weighted by Crippen LogP contribution is 2.44. The smallest absolute Gasteiger partial charge is 0.163 e. The summed E-state index contributed by atoms with van der Waals surface area (Å²) in [6.45, 7) is 0. The Hall–Kier alpha value is -3.40. The van der Waals surface area contributed by atoms with E-state index in [0.717, 1.165) is 29.1 Å². The number of anilines is 2. The lowest BCUT2D eigenvalue weighted by Gasteiger charge is -2.30. The minimum atomic E-state index is -0.388. The first-order chi connectivity index (χ1) is 14.2. The van der Waals surface area contributed by atoms with Crippen LogP contribution in [0.2, 0.25) is 0 Å². The number of halogens is 1. The van der Waals surface area contributed by atoms with E-state index < -0.39 is 0 Å². The second kappa shape index (κ2) is 7.21. The van der Waals surface area contributed by atoms with Gasteiger partial charge >= 0.3 is 0 Å². The van der Waals surface area contributed by atoms with E-state index in [1.54, 1.807) is 6.07 Å². The monoisotopic (exact) mass is 384 g/mol. The van der Waals surface area contributed by atoms with Crippen LogP contribution in [0.5, 0.6) is 0 Å². The molecule has 1 heterocycles. The Bertz CT molecular complexity index is 1110. The van der Waals surface area contributed by atoms with Crippen LogP contribution in [0.15, 0.2) is 90.1 Å². The van der Waals surface area contributed by atoms with E-state index in [9.17, 15) is 9.18 Å². The molecule has 29 heavy (non-hydrogen) atoms. The Morgan fingerprint density at radius 1 is 0.793 bits per heavy atom. The van der Waals surface area contributed by atoms with Crippen molar-refractivity contribution in [3.63, 3.8) is 0 Å². The number of hydrogen-bond acceptors (Lipinski definition) is 3. The quantitative estimate of drug-likeness (QED) is 0.586. The normalized spacial score (nSPS) is 20.8. The van der Waals surface area contributed by atoms with E-state index in [1.807, 2.05) is 48.5 Å². The van der Waals surface area contributed by atoms with Gasteiger partial charge in [-0.05, 0) is 47.7 Å². The van der Waals surface area contributed by atoms with Gasteiger partial charge in [-0.1, -0.05) is 54.6 Å². The van der Waals surface area contributed by atoms with Crippen molar-refractivity contribution in [3.05, 3.63) is 107 Å². The molecule has 2 N–H and O–H groups in total. The number of Topliss-reactive ketones (excluding diaryl/α,β-unsaturated/α-hetero) is 1. The molecule has 0 saturated carbocycles. The van der Waals surface area contributed by atoms with Gasteiger partial charge in [-0.3, -0.25) is 4.79 Å². The fourth-order valence-corrected chi connectivity index (χ4v) is 4.39. The summed E-state index contributed by atoms with van der Waals surface area (Å²) in [6, 6.07) is 24.2. The molecule has 3 aromatic carbocycles. The third-order valence-electron chi connectivity index (χ3n) is 5.76. The van der Waals surface area contributed by atoms with Gasteiger partial charge in [0.25, 0.3) is 0 Å². The zero-order chi connectivity index (χ0) is 19.8. The molecule has 0 radical (unpaired) electrons. The van der Waals surface area contributed by atoms with Crippen LogP contribution in [0, 0.1) is 5.82 Å². The molecule has 0 aromatic heterocycles. The first kappa shape index (κ1) is 17.7. The Labute approximate surface area is 169 Å². The number of para-hydroxylation sites is 2. The minimum absolute atomic E-state index is 0.0992. The van der Waals surface area contributed by atoms with Gasteiger partial charge in [0, 0.05) is 17.7 Å². The van der Waals surface area contributed by atoms with Crippen LogP contribution in [0.4, 0.5) is 15.8 Å². The molecule has 144 valence electrons. The molecule has 0 bridgehead atoms. The topological polar surface area (TPSA) is 41.1 Å². The highest BCUT2D eigenvalue weighted by Gasteiger charge is 2.36. The van der Waals surface area contributed by atoms with Gasteiger partial charge in [-0.2, -0.15) is 0 Å². The SMILES string of the molecule is O=C1C[C@H](c2ccccc2)CC2=C1[C@H](c1cccc(F)c1)Nc1ccccc1N2. The lowest BCUT2D eigenvalue weighted by atomic mass is 9.78. The molecule has 2 atom stereocenters. The molecule has 0 fully saturated rings. The predicted molar refractivity (Wildman–Crippen MR) is 113 cm³/mol. The van der Waals surface area contributed by atoms with Crippen molar-refractivity contribution in [2.45, 2.75) is 24.8 Å². The molecule has 0 saturated heterocycles. The lowest BCUT2D eigenvalue weighted by Crippen LogP contribution is -2.26. The summed E-state index contributed by atoms with van der Waals surface area (Å²) in [7, 11) is 0. The molecule has 0 spiro atoms. The summed E-state index contributed by atoms with van der Waals surface area (Å²) in [5.74, 6) is -0.0714. The Balaban J connectivity index is 1.63. The van der Waals surface area contributed by atoms with E-state index in [-0.39, 0.29) is 23.6 Å². The standard InChI is InChI=1S/C25H21FN2O/c26-19-10-6-9-17(13-19)25-24-22(27-20-11-4-5-12-21(20)28-25)14-18(15-23(24)29)16-7-2-1-3-8-16/h1-13,18,25,27-28H,14-15H2/t18-,25+/m1/s1. The minimum Gasteiger partial charge on any atom is -0.372 e. The van der Waals surface area contributed by atoms with Crippen molar-refractivity contribution in [1.82, 2.24) is 0 Å². The first-order valence-electron chi connectivity index (χ1n) is 9.88. The summed E-state index contributed by atoms with van der Waals surface area (Å²) in [6.07, 6.45) is 1.20. The number of ketones is 1. The number of fused-ring (bicyclic) bond motifs is 1. The van der Waals surface area contributed by atoms with Crippen molar-refractivity contribution >= 4 is 17.2 Å². The van der Waals surface area contributed by atoms with Crippen molar-refractivity contribution < 1.29 is 9.18 Å². The molecule has 4 heteroatoms. The second-order valence-electron chi connectivity index (χ2n) is 7.63. The number of hydrogen-bond donors (Lipinski definition) is 2. The molecular weight excluding hydrogens is 363 g/mol. The van der Waals surface area contributed by atoms with E-state index in [0.29, 0.717) is 12.0 Å². The van der Waals surface area contributed by atoms with E-state index in [4.69, 9.17) is 0 Å². The number of carbonyl (C=O) groups is 1. The maximum absolute atomic E-state index is 14.0. The lowest BCUT2D eigenvalue weighted by molar-refractivity contribution is -0.116. The Kier molecular flexibility index (Phi) is 4.39. The highest BCUT2D eigenvalue weighted by atomic mass is 19.1. The molecule has 1 aliphatic carbocycles. The summed E-state index contributed by atoms with van der Waals surface area (Å²) in [5, 5.41) is 6.99. The van der Waals surface area contributed by atoms with Crippen LogP contribution in [0.25, 0.3) is 0 Å². The summed E-state index contributed by atoms with van der Waals surface area (Å²) < 4.78 is 14.0. The fraction of sp³-hybridized carbons (Fsp3) is 0.160. The van der Waals surface area contributed by atoms with Gasteiger partial charge in [-0.25, -0.2) is 4.39 Å². The summed E-state index contributed by atoms with van der Waals surface area (Å²) in [4.78, 5) is 13.4. The van der Waals surface area contributed by atoms with Gasteiger partial charge in [0.05, 0.1) is 17.4 Å². The molecule has 0 unspecified atom stereocenters. The van der Waals surface area contributed by atoms with E-state index in [2.05, 4.69) is 22.8 Å². The number of allylic oxidation sites excluding steroid dienone is 1. The van der Waals surface area contributed by atoms with E-state index >= 15 is 0 Å². The maximum Gasteiger partial charge on any atom is 0.163 e. The fourth-order valence-electron chi connectivity index (χ4n) is 4.39. The van der Waals surface area contributed by atoms with Gasteiger partial charge in [0.1, 0.15) is 5.82 Å². The van der Waals surface area contributed by atoms with Crippen LogP contribution in [-0.2, 0) is 4.79 Å². The number of carbonyl (C=O) groups excluding carboxylic acids is 1. The van der Waals surface area contributed by atoms with Crippen LogP contribution in [-0.4, -0.2) is 5.78 Å². The molecule has 1 aliphatic heterocycles. The second-order valence-corrected chi connectivity index (χ2v) is 7.63. The van der Waals surface area contributed by atoms with E-state index in [1.165, 1.54) is 17.7 Å². The van der Waals surface area contributed by atoms with Gasteiger partial charge < -0.3 is 10.6 Å². The van der Waals surface area contributed by atoms with Gasteiger partial charge in [0.2, 0.25) is 0 Å². The van der Waals surface area contributed by atoms with Crippen molar-refractivity contribution in [1.29, 1.82) is 0 Å². The third kappa shape index (κ3) is 3.31. The van der Waals surface area contributed by atoms with Gasteiger partial charge in [-0.15, -0.1) is 0 Å². The number of rotatable bonds is 2. The van der Waals surface area contributed by atoms with Crippen LogP contribution in [0.3, 0.4) is 0 Å². The molecule has 2 aliphatic rings. The zero-order valence-electron chi connectivity index (χ0n) is 15.9. The highest BCUT2D eigenvalue weighted by molar-refractivity contribution is 6.01. The number of nitrogens with one attached hydrogen (secondary N) is 2.